The van der Waals surface area contributed by atoms with Crippen LogP contribution in [-0.2, 0) is 6.42 Å². The highest BCUT2D eigenvalue weighted by atomic mass is 15.1. The van der Waals surface area contributed by atoms with Crippen LogP contribution in [0.4, 0.5) is 5.69 Å². The monoisotopic (exact) mass is 227 g/mol. The van der Waals surface area contributed by atoms with E-state index in [4.69, 9.17) is 0 Å². The third kappa shape index (κ3) is 1.62. The molecule has 0 atom stereocenters. The summed E-state index contributed by atoms with van der Waals surface area (Å²) in [6.07, 6.45) is 4.30. The molecule has 0 saturated heterocycles. The SMILES string of the molecule is Cc1ncn(-c2cccc3c2NCCC3)c1C. The van der Waals surface area contributed by atoms with E-state index in [9.17, 15) is 0 Å². The summed E-state index contributed by atoms with van der Waals surface area (Å²) >= 11 is 0. The average Bonchev–Trinajstić information content (AvgIpc) is 2.69. The second kappa shape index (κ2) is 3.91. The van der Waals surface area contributed by atoms with E-state index < -0.39 is 0 Å². The molecule has 1 aromatic carbocycles. The van der Waals surface area contributed by atoms with Gasteiger partial charge in [-0.15, -0.1) is 0 Å². The highest BCUT2D eigenvalue weighted by Crippen LogP contribution is 2.29. The summed E-state index contributed by atoms with van der Waals surface area (Å²) < 4.78 is 2.17. The smallest absolute Gasteiger partial charge is 0.0998 e. The molecule has 88 valence electrons. The van der Waals surface area contributed by atoms with Crippen molar-refractivity contribution in [2.75, 3.05) is 11.9 Å². The second-order valence-corrected chi connectivity index (χ2v) is 4.63. The average molecular weight is 227 g/mol. The van der Waals surface area contributed by atoms with Gasteiger partial charge in [0.1, 0.15) is 0 Å². The van der Waals surface area contributed by atoms with E-state index in [-0.39, 0.29) is 0 Å². The first kappa shape index (κ1) is 10.4. The Labute approximate surface area is 101 Å². The van der Waals surface area contributed by atoms with Gasteiger partial charge in [0, 0.05) is 12.2 Å². The third-order valence-electron chi connectivity index (χ3n) is 3.56. The molecule has 0 amide bonds. The summed E-state index contributed by atoms with van der Waals surface area (Å²) in [6.45, 7) is 5.23. The minimum Gasteiger partial charge on any atom is -0.383 e. The molecule has 3 nitrogen and oxygen atoms in total. The maximum atomic E-state index is 4.38. The van der Waals surface area contributed by atoms with Crippen LogP contribution in [0.25, 0.3) is 5.69 Å². The first-order valence-electron chi connectivity index (χ1n) is 6.14. The summed E-state index contributed by atoms with van der Waals surface area (Å²) in [6, 6.07) is 6.51. The van der Waals surface area contributed by atoms with Crippen LogP contribution in [0.3, 0.4) is 0 Å². The lowest BCUT2D eigenvalue weighted by molar-refractivity contribution is 0.823. The highest BCUT2D eigenvalue weighted by Gasteiger charge is 2.14. The Morgan fingerprint density at radius 1 is 1.29 bits per heavy atom. The highest BCUT2D eigenvalue weighted by molar-refractivity contribution is 5.67. The number of anilines is 1. The number of para-hydroxylation sites is 1. The van der Waals surface area contributed by atoms with Gasteiger partial charge in [0.25, 0.3) is 0 Å². The number of fused-ring (bicyclic) bond motifs is 1. The fourth-order valence-electron chi connectivity index (χ4n) is 2.43. The van der Waals surface area contributed by atoms with Crippen molar-refractivity contribution in [2.24, 2.45) is 0 Å². The van der Waals surface area contributed by atoms with E-state index in [2.05, 4.69) is 46.9 Å². The Kier molecular flexibility index (Phi) is 2.39. The third-order valence-corrected chi connectivity index (χ3v) is 3.56. The molecule has 1 aliphatic heterocycles. The molecule has 1 N–H and O–H groups in total. The Hall–Kier alpha value is -1.77. The first-order valence-corrected chi connectivity index (χ1v) is 6.14. The molecule has 0 bridgehead atoms. The molecule has 0 fully saturated rings. The fourth-order valence-corrected chi connectivity index (χ4v) is 2.43. The Balaban J connectivity index is 2.18. The van der Waals surface area contributed by atoms with Gasteiger partial charge in [0.2, 0.25) is 0 Å². The quantitative estimate of drug-likeness (QED) is 0.812. The number of rotatable bonds is 1. The van der Waals surface area contributed by atoms with Crippen molar-refractivity contribution in [3.8, 4) is 5.69 Å². The molecule has 2 aromatic rings. The zero-order chi connectivity index (χ0) is 11.8. The van der Waals surface area contributed by atoms with Gasteiger partial charge in [-0.1, -0.05) is 12.1 Å². The Morgan fingerprint density at radius 2 is 2.18 bits per heavy atom. The molecule has 0 aliphatic carbocycles. The van der Waals surface area contributed by atoms with E-state index in [1.165, 1.54) is 35.5 Å². The van der Waals surface area contributed by atoms with Gasteiger partial charge in [-0.2, -0.15) is 0 Å². The number of aryl methyl sites for hydroxylation is 2. The van der Waals surface area contributed by atoms with Crippen molar-refractivity contribution in [3.05, 3.63) is 41.5 Å². The summed E-state index contributed by atoms with van der Waals surface area (Å²) in [5, 5.41) is 3.52. The molecule has 17 heavy (non-hydrogen) atoms. The number of aromatic nitrogens is 2. The van der Waals surface area contributed by atoms with Crippen LogP contribution in [0.15, 0.2) is 24.5 Å². The van der Waals surface area contributed by atoms with Gasteiger partial charge in [-0.25, -0.2) is 4.98 Å². The zero-order valence-electron chi connectivity index (χ0n) is 10.3. The number of hydrogen-bond donors (Lipinski definition) is 1. The maximum absolute atomic E-state index is 4.38. The van der Waals surface area contributed by atoms with Crippen molar-refractivity contribution >= 4 is 5.69 Å². The normalized spacial score (nSPS) is 14.2. The lowest BCUT2D eigenvalue weighted by Gasteiger charge is -2.22. The molecule has 1 aromatic heterocycles. The zero-order valence-corrected chi connectivity index (χ0v) is 10.3. The molecule has 0 radical (unpaired) electrons. The van der Waals surface area contributed by atoms with Crippen LogP contribution in [0, 0.1) is 13.8 Å². The number of nitrogens with one attached hydrogen (secondary N) is 1. The Morgan fingerprint density at radius 3 is 2.94 bits per heavy atom. The largest absolute Gasteiger partial charge is 0.383 e. The van der Waals surface area contributed by atoms with Crippen molar-refractivity contribution < 1.29 is 0 Å². The summed E-state index contributed by atoms with van der Waals surface area (Å²) in [7, 11) is 0. The predicted molar refractivity (Wildman–Crippen MR) is 69.8 cm³/mol. The lowest BCUT2D eigenvalue weighted by Crippen LogP contribution is -2.14. The lowest BCUT2D eigenvalue weighted by atomic mass is 10.0. The van der Waals surface area contributed by atoms with E-state index in [1.54, 1.807) is 0 Å². The fraction of sp³-hybridized carbons (Fsp3) is 0.357. The van der Waals surface area contributed by atoms with Crippen molar-refractivity contribution in [2.45, 2.75) is 26.7 Å². The summed E-state index contributed by atoms with van der Waals surface area (Å²) in [4.78, 5) is 4.38. The van der Waals surface area contributed by atoms with Crippen LogP contribution in [0.2, 0.25) is 0 Å². The van der Waals surface area contributed by atoms with Crippen molar-refractivity contribution in [1.82, 2.24) is 9.55 Å². The van der Waals surface area contributed by atoms with Gasteiger partial charge in [-0.3, -0.25) is 0 Å². The molecular weight excluding hydrogens is 210 g/mol. The predicted octanol–water partition coefficient (Wildman–Crippen LogP) is 2.85. The molecule has 3 rings (SSSR count). The minimum atomic E-state index is 1.07. The first-order chi connectivity index (χ1) is 8.27. The second-order valence-electron chi connectivity index (χ2n) is 4.63. The molecular formula is C14H17N3. The number of nitrogens with zero attached hydrogens (tertiary/aromatic N) is 2. The van der Waals surface area contributed by atoms with E-state index in [0.29, 0.717) is 0 Å². The molecule has 0 unspecified atom stereocenters. The van der Waals surface area contributed by atoms with Crippen LogP contribution in [0.5, 0.6) is 0 Å². The summed E-state index contributed by atoms with van der Waals surface area (Å²) in [5.41, 5.74) is 6.23. The molecule has 0 saturated carbocycles. The molecule has 1 aliphatic rings. The summed E-state index contributed by atoms with van der Waals surface area (Å²) in [5.74, 6) is 0. The molecule has 3 heteroatoms. The van der Waals surface area contributed by atoms with Crippen LogP contribution in [-0.4, -0.2) is 16.1 Å². The van der Waals surface area contributed by atoms with E-state index >= 15 is 0 Å². The Bertz CT molecular complexity index is 555. The van der Waals surface area contributed by atoms with Gasteiger partial charge in [-0.05, 0) is 38.3 Å². The van der Waals surface area contributed by atoms with Crippen LogP contribution >= 0.6 is 0 Å². The topological polar surface area (TPSA) is 29.9 Å². The molecule has 2 heterocycles. The van der Waals surface area contributed by atoms with E-state index in [1.807, 2.05) is 6.33 Å². The van der Waals surface area contributed by atoms with Crippen LogP contribution < -0.4 is 5.32 Å². The maximum Gasteiger partial charge on any atom is 0.0998 e. The number of benzene rings is 1. The molecule has 0 spiro atoms. The van der Waals surface area contributed by atoms with Gasteiger partial charge >= 0.3 is 0 Å². The standard InChI is InChI=1S/C14H17N3/c1-10-11(2)17(9-16-10)13-7-3-5-12-6-4-8-15-14(12)13/h3,5,7,9,15H,4,6,8H2,1-2H3. The van der Waals surface area contributed by atoms with Gasteiger partial charge < -0.3 is 9.88 Å². The van der Waals surface area contributed by atoms with Gasteiger partial charge in [0.15, 0.2) is 0 Å². The van der Waals surface area contributed by atoms with Crippen molar-refractivity contribution in [3.63, 3.8) is 0 Å². The van der Waals surface area contributed by atoms with E-state index in [0.717, 1.165) is 12.2 Å². The van der Waals surface area contributed by atoms with Crippen molar-refractivity contribution in [1.29, 1.82) is 0 Å². The minimum absolute atomic E-state index is 1.07. The van der Waals surface area contributed by atoms with Gasteiger partial charge in [0.05, 0.1) is 23.4 Å². The number of hydrogen-bond acceptors (Lipinski definition) is 2. The number of imidazole rings is 1. The van der Waals surface area contributed by atoms with Crippen LogP contribution in [0.1, 0.15) is 23.4 Å².